The normalized spacial score (nSPS) is 11.0. The molecule has 0 heterocycles. The summed E-state index contributed by atoms with van der Waals surface area (Å²) >= 11 is 3.34. The molecule has 0 aromatic heterocycles. The van der Waals surface area contributed by atoms with Crippen LogP contribution in [0.5, 0.6) is 0 Å². The lowest BCUT2D eigenvalue weighted by molar-refractivity contribution is -0.116. The number of unbranched alkanes of at least 4 members (excludes halogenated alkanes) is 1. The van der Waals surface area contributed by atoms with Gasteiger partial charge < -0.3 is 15.4 Å². The van der Waals surface area contributed by atoms with Gasteiger partial charge in [-0.1, -0.05) is 28.1 Å². The number of carbonyl (C=O) groups is 2. The van der Waals surface area contributed by atoms with Crippen molar-refractivity contribution in [3.05, 3.63) is 29.8 Å². The van der Waals surface area contributed by atoms with Crippen molar-refractivity contribution in [3.63, 3.8) is 0 Å². The van der Waals surface area contributed by atoms with Gasteiger partial charge in [0, 0.05) is 24.0 Å². The van der Waals surface area contributed by atoms with Crippen molar-refractivity contribution >= 4 is 33.6 Å². The fourth-order valence-electron chi connectivity index (χ4n) is 1.80. The SMILES string of the molecule is CC(C)(C)OC(=O)NCc1ccc(NC(=O)CCCCBr)cc1. The monoisotopic (exact) mass is 384 g/mol. The van der Waals surface area contributed by atoms with Crippen LogP contribution in [0.4, 0.5) is 10.5 Å². The molecular weight excluding hydrogens is 360 g/mol. The largest absolute Gasteiger partial charge is 0.444 e. The van der Waals surface area contributed by atoms with E-state index in [9.17, 15) is 9.59 Å². The molecule has 0 aliphatic heterocycles. The second-order valence-electron chi connectivity index (χ2n) is 6.25. The van der Waals surface area contributed by atoms with Crippen molar-refractivity contribution in [2.75, 3.05) is 10.6 Å². The molecule has 0 spiro atoms. The Kier molecular flexibility index (Phi) is 8.09. The average molecular weight is 385 g/mol. The molecular formula is C17H25BrN2O3. The van der Waals surface area contributed by atoms with Crippen LogP contribution in [0.25, 0.3) is 0 Å². The second kappa shape index (κ2) is 9.55. The van der Waals surface area contributed by atoms with Gasteiger partial charge >= 0.3 is 6.09 Å². The van der Waals surface area contributed by atoms with Gasteiger partial charge in [-0.25, -0.2) is 4.79 Å². The highest BCUT2D eigenvalue weighted by Gasteiger charge is 2.15. The maximum absolute atomic E-state index is 11.7. The van der Waals surface area contributed by atoms with Crippen molar-refractivity contribution < 1.29 is 14.3 Å². The molecule has 0 aliphatic carbocycles. The quantitative estimate of drug-likeness (QED) is 0.546. The Labute approximate surface area is 146 Å². The van der Waals surface area contributed by atoms with Gasteiger partial charge in [0.2, 0.25) is 5.91 Å². The number of ether oxygens (including phenoxy) is 1. The van der Waals surface area contributed by atoms with E-state index in [2.05, 4.69) is 26.6 Å². The van der Waals surface area contributed by atoms with Crippen LogP contribution >= 0.6 is 15.9 Å². The Morgan fingerprint density at radius 2 is 1.78 bits per heavy atom. The third kappa shape index (κ3) is 9.23. The van der Waals surface area contributed by atoms with E-state index in [1.54, 1.807) is 0 Å². The molecule has 2 N–H and O–H groups in total. The molecule has 0 atom stereocenters. The minimum absolute atomic E-state index is 0.0191. The molecule has 23 heavy (non-hydrogen) atoms. The van der Waals surface area contributed by atoms with Crippen LogP contribution in [0.3, 0.4) is 0 Å². The molecule has 128 valence electrons. The molecule has 0 saturated carbocycles. The van der Waals surface area contributed by atoms with Crippen LogP contribution < -0.4 is 10.6 Å². The van der Waals surface area contributed by atoms with Crippen molar-refractivity contribution in [1.82, 2.24) is 5.32 Å². The van der Waals surface area contributed by atoms with Crippen molar-refractivity contribution in [2.24, 2.45) is 0 Å². The summed E-state index contributed by atoms with van der Waals surface area (Å²) in [6.07, 6.45) is 1.94. The molecule has 0 aliphatic rings. The van der Waals surface area contributed by atoms with Crippen molar-refractivity contribution in [3.8, 4) is 0 Å². The van der Waals surface area contributed by atoms with Crippen LogP contribution in [0.1, 0.15) is 45.6 Å². The van der Waals surface area contributed by atoms with E-state index >= 15 is 0 Å². The summed E-state index contributed by atoms with van der Waals surface area (Å²) in [6, 6.07) is 7.39. The predicted molar refractivity (Wildman–Crippen MR) is 95.8 cm³/mol. The van der Waals surface area contributed by atoms with Crippen LogP contribution in [0.15, 0.2) is 24.3 Å². The number of anilines is 1. The summed E-state index contributed by atoms with van der Waals surface area (Å²) in [6.45, 7) is 5.85. The molecule has 5 nitrogen and oxygen atoms in total. The minimum Gasteiger partial charge on any atom is -0.444 e. The lowest BCUT2D eigenvalue weighted by Crippen LogP contribution is -2.32. The molecule has 1 aromatic carbocycles. The van der Waals surface area contributed by atoms with E-state index in [1.807, 2.05) is 45.0 Å². The zero-order valence-corrected chi connectivity index (χ0v) is 15.5. The lowest BCUT2D eigenvalue weighted by Gasteiger charge is -2.19. The van der Waals surface area contributed by atoms with Gasteiger partial charge in [-0.2, -0.15) is 0 Å². The molecule has 1 rings (SSSR count). The number of hydrogen-bond acceptors (Lipinski definition) is 3. The summed E-state index contributed by atoms with van der Waals surface area (Å²) in [5.41, 5.74) is 1.19. The van der Waals surface area contributed by atoms with Gasteiger partial charge in [0.05, 0.1) is 0 Å². The fourth-order valence-corrected chi connectivity index (χ4v) is 2.19. The number of rotatable bonds is 7. The van der Waals surface area contributed by atoms with E-state index in [0.717, 1.165) is 29.4 Å². The molecule has 1 aromatic rings. The number of alkyl carbamates (subject to hydrolysis) is 1. The Morgan fingerprint density at radius 3 is 2.35 bits per heavy atom. The van der Waals surface area contributed by atoms with Crippen molar-refractivity contribution in [2.45, 2.75) is 52.2 Å². The van der Waals surface area contributed by atoms with E-state index in [1.165, 1.54) is 0 Å². The smallest absolute Gasteiger partial charge is 0.407 e. The zero-order valence-electron chi connectivity index (χ0n) is 13.9. The molecule has 0 unspecified atom stereocenters. The first-order valence-corrected chi connectivity index (χ1v) is 8.84. The minimum atomic E-state index is -0.507. The first kappa shape index (κ1) is 19.5. The maximum Gasteiger partial charge on any atom is 0.407 e. The van der Waals surface area contributed by atoms with Gasteiger partial charge in [0.25, 0.3) is 0 Å². The number of halogens is 1. The van der Waals surface area contributed by atoms with Gasteiger partial charge in [-0.15, -0.1) is 0 Å². The highest BCUT2D eigenvalue weighted by atomic mass is 79.9. The zero-order chi connectivity index (χ0) is 17.3. The molecule has 0 bridgehead atoms. The molecule has 0 fully saturated rings. The fraction of sp³-hybridized carbons (Fsp3) is 0.529. The predicted octanol–water partition coefficient (Wildman–Crippen LogP) is 4.22. The first-order valence-electron chi connectivity index (χ1n) is 7.72. The third-order valence-electron chi connectivity index (χ3n) is 2.86. The van der Waals surface area contributed by atoms with Gasteiger partial charge in [-0.05, 0) is 51.3 Å². The molecule has 2 amide bonds. The number of amides is 2. The van der Waals surface area contributed by atoms with E-state index in [0.29, 0.717) is 13.0 Å². The van der Waals surface area contributed by atoms with E-state index in [4.69, 9.17) is 4.74 Å². The topological polar surface area (TPSA) is 67.4 Å². The molecule has 6 heteroatoms. The summed E-state index contributed by atoms with van der Waals surface area (Å²) in [4.78, 5) is 23.3. The standard InChI is InChI=1S/C17H25BrN2O3/c1-17(2,3)23-16(22)19-12-13-7-9-14(10-8-13)20-15(21)6-4-5-11-18/h7-10H,4-6,11-12H2,1-3H3,(H,19,22)(H,20,21). The lowest BCUT2D eigenvalue weighted by atomic mass is 10.2. The van der Waals surface area contributed by atoms with E-state index < -0.39 is 11.7 Å². The number of hydrogen-bond donors (Lipinski definition) is 2. The van der Waals surface area contributed by atoms with Crippen LogP contribution in [0, 0.1) is 0 Å². The van der Waals surface area contributed by atoms with Gasteiger partial charge in [0.15, 0.2) is 0 Å². The van der Waals surface area contributed by atoms with Gasteiger partial charge in [-0.3, -0.25) is 4.79 Å². The highest BCUT2D eigenvalue weighted by Crippen LogP contribution is 2.11. The van der Waals surface area contributed by atoms with E-state index in [-0.39, 0.29) is 5.91 Å². The Balaban J connectivity index is 2.38. The summed E-state index contributed by atoms with van der Waals surface area (Å²) in [5, 5.41) is 6.47. The Hall–Kier alpha value is -1.56. The Bertz CT molecular complexity index is 510. The third-order valence-corrected chi connectivity index (χ3v) is 3.42. The number of carbonyl (C=O) groups excluding carboxylic acids is 2. The molecule has 0 saturated heterocycles. The van der Waals surface area contributed by atoms with Gasteiger partial charge in [0.1, 0.15) is 5.60 Å². The number of nitrogens with one attached hydrogen (secondary N) is 2. The number of benzene rings is 1. The number of alkyl halides is 1. The van der Waals surface area contributed by atoms with Crippen molar-refractivity contribution in [1.29, 1.82) is 0 Å². The van der Waals surface area contributed by atoms with Crippen LogP contribution in [-0.2, 0) is 16.1 Å². The molecule has 0 radical (unpaired) electrons. The summed E-state index contributed by atoms with van der Waals surface area (Å²) in [5.74, 6) is 0.0191. The summed E-state index contributed by atoms with van der Waals surface area (Å²) < 4.78 is 5.17. The summed E-state index contributed by atoms with van der Waals surface area (Å²) in [7, 11) is 0. The van der Waals surface area contributed by atoms with Crippen LogP contribution in [-0.4, -0.2) is 22.9 Å². The first-order chi connectivity index (χ1) is 10.8. The average Bonchev–Trinajstić information content (AvgIpc) is 2.45. The van der Waals surface area contributed by atoms with Crippen LogP contribution in [0.2, 0.25) is 0 Å². The Morgan fingerprint density at radius 1 is 1.13 bits per heavy atom. The maximum atomic E-state index is 11.7. The second-order valence-corrected chi connectivity index (χ2v) is 7.04. The highest BCUT2D eigenvalue weighted by molar-refractivity contribution is 9.09.